The second-order valence-electron chi connectivity index (χ2n) is 7.35. The second kappa shape index (κ2) is 9.30. The Labute approximate surface area is 189 Å². The predicted molar refractivity (Wildman–Crippen MR) is 120 cm³/mol. The predicted octanol–water partition coefficient (Wildman–Crippen LogP) is 2.58. The molecule has 2 heterocycles. The number of aromatic nitrogens is 5. The number of benzene rings is 2. The normalized spacial score (nSPS) is 11.4. The summed E-state index contributed by atoms with van der Waals surface area (Å²) in [5.41, 5.74) is 12.4. The maximum absolute atomic E-state index is 12.7. The van der Waals surface area contributed by atoms with Crippen molar-refractivity contribution in [2.45, 2.75) is 27.4 Å². The number of carbonyl (C=O) groups excluding carboxylic acids is 1. The topological polar surface area (TPSA) is 146 Å². The molecule has 4 rings (SSSR count). The van der Waals surface area contributed by atoms with Crippen LogP contribution >= 0.6 is 0 Å². The van der Waals surface area contributed by atoms with Crippen LogP contribution in [0.2, 0.25) is 0 Å². The molecule has 0 saturated carbocycles. The maximum atomic E-state index is 12.7. The summed E-state index contributed by atoms with van der Waals surface area (Å²) in [6, 6.07) is 15.6. The molecule has 11 nitrogen and oxygen atoms in total. The highest BCUT2D eigenvalue weighted by Crippen LogP contribution is 2.16. The Morgan fingerprint density at radius 3 is 2.52 bits per heavy atom. The standard InChI is InChI=1S/C22H22N8O3/c1-13-4-6-16(7-5-13)12-32-18-10-8-17(9-11-18)14(2)24-26-22(31)19-15(3)25-29-30(19)21-20(23)27-33-28-21/h4-11H,12H2,1-3H3,(H2,23,27)(H,26,31). The molecule has 0 saturated heterocycles. The van der Waals surface area contributed by atoms with Gasteiger partial charge in [0.2, 0.25) is 11.6 Å². The molecule has 11 heteroatoms. The number of hydrogen-bond donors (Lipinski definition) is 2. The number of nitrogen functional groups attached to an aromatic ring is 1. The number of nitrogens with one attached hydrogen (secondary N) is 1. The van der Waals surface area contributed by atoms with E-state index in [1.54, 1.807) is 13.8 Å². The largest absolute Gasteiger partial charge is 0.489 e. The SMILES string of the molecule is CC(=NNC(=O)c1c(C)nnn1-c1nonc1N)c1ccc(OCc2ccc(C)cc2)cc1. The minimum Gasteiger partial charge on any atom is -0.489 e. The molecule has 0 fully saturated rings. The summed E-state index contributed by atoms with van der Waals surface area (Å²) in [5, 5.41) is 19.1. The molecular weight excluding hydrogens is 424 g/mol. The van der Waals surface area contributed by atoms with Gasteiger partial charge in [-0.2, -0.15) is 9.78 Å². The van der Waals surface area contributed by atoms with Gasteiger partial charge >= 0.3 is 0 Å². The van der Waals surface area contributed by atoms with Crippen molar-refractivity contribution in [3.05, 3.63) is 76.6 Å². The number of hydrogen-bond acceptors (Lipinski definition) is 9. The minimum absolute atomic E-state index is 0.0154. The van der Waals surface area contributed by atoms with Gasteiger partial charge in [-0.3, -0.25) is 4.79 Å². The summed E-state index contributed by atoms with van der Waals surface area (Å²) in [4.78, 5) is 12.7. The Kier molecular flexibility index (Phi) is 6.11. The third-order valence-corrected chi connectivity index (χ3v) is 4.87. The van der Waals surface area contributed by atoms with E-state index in [1.807, 2.05) is 43.3 Å². The molecule has 0 radical (unpaired) electrons. The summed E-state index contributed by atoms with van der Waals surface area (Å²) < 4.78 is 11.6. The van der Waals surface area contributed by atoms with Crippen LogP contribution in [0.25, 0.3) is 5.82 Å². The van der Waals surface area contributed by atoms with Crippen LogP contribution in [0.15, 0.2) is 58.3 Å². The van der Waals surface area contributed by atoms with Gasteiger partial charge in [-0.15, -0.1) is 5.10 Å². The van der Waals surface area contributed by atoms with E-state index in [2.05, 4.69) is 47.9 Å². The maximum Gasteiger partial charge on any atom is 0.292 e. The number of nitrogens with two attached hydrogens (primary N) is 1. The smallest absolute Gasteiger partial charge is 0.292 e. The van der Waals surface area contributed by atoms with Crippen LogP contribution < -0.4 is 15.9 Å². The van der Waals surface area contributed by atoms with Crippen molar-refractivity contribution in [3.8, 4) is 11.6 Å². The van der Waals surface area contributed by atoms with Crippen molar-refractivity contribution in [1.29, 1.82) is 0 Å². The van der Waals surface area contributed by atoms with Crippen LogP contribution in [0.4, 0.5) is 5.82 Å². The van der Waals surface area contributed by atoms with Gasteiger partial charge in [-0.1, -0.05) is 35.0 Å². The quantitative estimate of drug-likeness (QED) is 0.325. The Balaban J connectivity index is 1.41. The zero-order valence-electron chi connectivity index (χ0n) is 18.3. The first-order valence-corrected chi connectivity index (χ1v) is 10.1. The molecule has 4 aromatic rings. The molecule has 0 aliphatic carbocycles. The summed E-state index contributed by atoms with van der Waals surface area (Å²) in [6.07, 6.45) is 0. The zero-order chi connectivity index (χ0) is 23.4. The van der Waals surface area contributed by atoms with Gasteiger partial charge in [0.1, 0.15) is 12.4 Å². The summed E-state index contributed by atoms with van der Waals surface area (Å²) in [7, 11) is 0. The van der Waals surface area contributed by atoms with Crippen LogP contribution in [0.3, 0.4) is 0 Å². The Morgan fingerprint density at radius 1 is 1.12 bits per heavy atom. The third kappa shape index (κ3) is 4.87. The summed E-state index contributed by atoms with van der Waals surface area (Å²) in [5.74, 6) is 0.263. The molecule has 0 aliphatic rings. The van der Waals surface area contributed by atoms with Crippen LogP contribution in [0.5, 0.6) is 5.75 Å². The average molecular weight is 446 g/mol. The van der Waals surface area contributed by atoms with Gasteiger partial charge in [-0.25, -0.2) is 10.1 Å². The molecule has 2 aromatic heterocycles. The molecule has 33 heavy (non-hydrogen) atoms. The monoisotopic (exact) mass is 446 g/mol. The highest BCUT2D eigenvalue weighted by Gasteiger charge is 2.22. The highest BCUT2D eigenvalue weighted by atomic mass is 16.6. The Bertz CT molecular complexity index is 1290. The molecule has 0 spiro atoms. The number of amides is 1. The number of carbonyl (C=O) groups is 1. The lowest BCUT2D eigenvalue weighted by Crippen LogP contribution is -2.24. The van der Waals surface area contributed by atoms with E-state index >= 15 is 0 Å². The van der Waals surface area contributed by atoms with Crippen LogP contribution in [0, 0.1) is 13.8 Å². The molecule has 0 aliphatic heterocycles. The van der Waals surface area contributed by atoms with Gasteiger partial charge in [0.05, 0.1) is 11.4 Å². The molecular formula is C22H22N8O3. The first-order valence-electron chi connectivity index (χ1n) is 10.1. The number of aryl methyl sites for hydroxylation is 2. The van der Waals surface area contributed by atoms with Crippen molar-refractivity contribution in [1.82, 2.24) is 30.7 Å². The number of ether oxygens (including phenoxy) is 1. The first kappa shape index (κ1) is 21.7. The van der Waals surface area contributed by atoms with Crippen molar-refractivity contribution in [2.24, 2.45) is 5.10 Å². The first-order chi connectivity index (χ1) is 15.9. The van der Waals surface area contributed by atoms with E-state index in [9.17, 15) is 4.79 Å². The van der Waals surface area contributed by atoms with E-state index in [1.165, 1.54) is 5.56 Å². The Morgan fingerprint density at radius 2 is 1.85 bits per heavy atom. The van der Waals surface area contributed by atoms with E-state index < -0.39 is 5.91 Å². The van der Waals surface area contributed by atoms with Gasteiger partial charge in [0, 0.05) is 0 Å². The van der Waals surface area contributed by atoms with E-state index in [-0.39, 0.29) is 17.3 Å². The molecule has 3 N–H and O–H groups in total. The lowest BCUT2D eigenvalue weighted by atomic mass is 10.1. The third-order valence-electron chi connectivity index (χ3n) is 4.87. The van der Waals surface area contributed by atoms with Crippen molar-refractivity contribution >= 4 is 17.4 Å². The summed E-state index contributed by atoms with van der Waals surface area (Å²) >= 11 is 0. The minimum atomic E-state index is -0.530. The Hall–Kier alpha value is -4.54. The zero-order valence-corrected chi connectivity index (χ0v) is 18.3. The van der Waals surface area contributed by atoms with Gasteiger partial charge in [-0.05, 0) is 66.5 Å². The molecule has 1 amide bonds. The molecule has 0 unspecified atom stereocenters. The van der Waals surface area contributed by atoms with Crippen molar-refractivity contribution in [3.63, 3.8) is 0 Å². The lowest BCUT2D eigenvalue weighted by molar-refractivity contribution is 0.0946. The fourth-order valence-corrected chi connectivity index (χ4v) is 3.00. The fraction of sp³-hybridized carbons (Fsp3) is 0.182. The molecule has 2 aromatic carbocycles. The van der Waals surface area contributed by atoms with Crippen LogP contribution in [-0.2, 0) is 6.61 Å². The molecule has 168 valence electrons. The number of rotatable bonds is 7. The molecule has 0 atom stereocenters. The van der Waals surface area contributed by atoms with Crippen LogP contribution in [-0.4, -0.2) is 36.9 Å². The van der Waals surface area contributed by atoms with Crippen molar-refractivity contribution in [2.75, 3.05) is 5.73 Å². The average Bonchev–Trinajstić information content (AvgIpc) is 3.42. The van der Waals surface area contributed by atoms with E-state index in [0.717, 1.165) is 21.6 Å². The fourth-order valence-electron chi connectivity index (χ4n) is 3.00. The van der Waals surface area contributed by atoms with Gasteiger partial charge < -0.3 is 10.5 Å². The number of anilines is 1. The van der Waals surface area contributed by atoms with Crippen LogP contribution in [0.1, 0.15) is 39.8 Å². The van der Waals surface area contributed by atoms with Gasteiger partial charge in [0.15, 0.2) is 5.69 Å². The number of nitrogens with zero attached hydrogens (tertiary/aromatic N) is 6. The summed E-state index contributed by atoms with van der Waals surface area (Å²) in [6.45, 7) is 5.94. The van der Waals surface area contributed by atoms with Gasteiger partial charge in [0.25, 0.3) is 5.91 Å². The lowest BCUT2D eigenvalue weighted by Gasteiger charge is -2.08. The highest BCUT2D eigenvalue weighted by molar-refractivity contribution is 6.00. The second-order valence-corrected chi connectivity index (χ2v) is 7.35. The molecule has 0 bridgehead atoms. The van der Waals surface area contributed by atoms with E-state index in [0.29, 0.717) is 18.0 Å². The van der Waals surface area contributed by atoms with E-state index in [4.69, 9.17) is 10.5 Å². The number of hydrazone groups is 1. The van der Waals surface area contributed by atoms with Crippen molar-refractivity contribution < 1.29 is 14.2 Å².